The van der Waals surface area contributed by atoms with E-state index in [1.165, 1.54) is 22.4 Å². The van der Waals surface area contributed by atoms with Gasteiger partial charge in [-0.3, -0.25) is 0 Å². The molecule has 19 heavy (non-hydrogen) atoms. The lowest BCUT2D eigenvalue weighted by molar-refractivity contribution is 1.04. The molecule has 0 radical (unpaired) electrons. The van der Waals surface area contributed by atoms with Gasteiger partial charge in [-0.2, -0.15) is 0 Å². The third kappa shape index (κ3) is 1.63. The fourth-order valence-electron chi connectivity index (χ4n) is 2.82. The predicted octanol–water partition coefficient (Wildman–Crippen LogP) is 4.74. The second-order valence-corrected chi connectivity index (χ2v) is 6.75. The molecule has 0 unspecified atom stereocenters. The summed E-state index contributed by atoms with van der Waals surface area (Å²) in [6.07, 6.45) is 3.05. The molecule has 3 aromatic rings. The number of aromatic nitrogens is 2. The van der Waals surface area contributed by atoms with Gasteiger partial charge in [0.2, 0.25) is 0 Å². The second-order valence-electron chi connectivity index (χ2n) is 4.92. The molecule has 0 spiro atoms. The first-order valence-corrected chi connectivity index (χ1v) is 7.68. The Morgan fingerprint density at radius 3 is 2.84 bits per heavy atom. The van der Waals surface area contributed by atoms with E-state index in [2.05, 4.69) is 73.6 Å². The number of fused-ring (bicyclic) bond motifs is 5. The Morgan fingerprint density at radius 1 is 1.16 bits per heavy atom. The van der Waals surface area contributed by atoms with Crippen molar-refractivity contribution in [1.29, 1.82) is 0 Å². The normalized spacial score (nSPS) is 12.8. The van der Waals surface area contributed by atoms with Gasteiger partial charge in [0.05, 0.1) is 11.4 Å². The molecule has 1 aliphatic rings. The summed E-state index contributed by atoms with van der Waals surface area (Å²) in [5, 5.41) is 0. The Balaban J connectivity index is 2.07. The smallest absolute Gasteiger partial charge is 0.140 e. The van der Waals surface area contributed by atoms with Crippen LogP contribution in [0.1, 0.15) is 16.8 Å². The summed E-state index contributed by atoms with van der Waals surface area (Å²) in [4.78, 5) is 4.83. The first-order valence-electron chi connectivity index (χ1n) is 6.09. The zero-order chi connectivity index (χ0) is 13.1. The highest BCUT2D eigenvalue weighted by molar-refractivity contribution is 9.10. The molecule has 2 heterocycles. The molecule has 0 saturated heterocycles. The Bertz CT molecular complexity index is 834. The van der Waals surface area contributed by atoms with Crippen LogP contribution in [0.3, 0.4) is 0 Å². The van der Waals surface area contributed by atoms with Crippen LogP contribution >= 0.6 is 31.9 Å². The van der Waals surface area contributed by atoms with Gasteiger partial charge in [0.15, 0.2) is 0 Å². The van der Waals surface area contributed by atoms with Crippen LogP contribution in [-0.4, -0.2) is 9.38 Å². The molecular formula is C15H10Br2N2. The maximum atomic E-state index is 4.83. The van der Waals surface area contributed by atoms with Crippen LogP contribution in [0.5, 0.6) is 0 Å². The molecule has 4 heteroatoms. The fourth-order valence-corrected chi connectivity index (χ4v) is 3.78. The van der Waals surface area contributed by atoms with Crippen LogP contribution in [0.4, 0.5) is 0 Å². The van der Waals surface area contributed by atoms with E-state index in [0.717, 1.165) is 26.7 Å². The third-order valence-corrected chi connectivity index (χ3v) is 4.58. The van der Waals surface area contributed by atoms with Gasteiger partial charge < -0.3 is 4.40 Å². The quantitative estimate of drug-likeness (QED) is 0.432. The predicted molar refractivity (Wildman–Crippen MR) is 83.6 cm³/mol. The van der Waals surface area contributed by atoms with Crippen molar-refractivity contribution in [2.75, 3.05) is 0 Å². The molecule has 2 aromatic heterocycles. The molecule has 94 valence electrons. The van der Waals surface area contributed by atoms with Gasteiger partial charge in [-0.15, -0.1) is 0 Å². The van der Waals surface area contributed by atoms with Crippen LogP contribution in [0, 0.1) is 6.92 Å². The number of pyridine rings is 1. The lowest BCUT2D eigenvalue weighted by Gasteiger charge is -2.03. The van der Waals surface area contributed by atoms with E-state index < -0.39 is 0 Å². The van der Waals surface area contributed by atoms with Crippen LogP contribution in [0.2, 0.25) is 0 Å². The molecule has 0 atom stereocenters. The van der Waals surface area contributed by atoms with Crippen molar-refractivity contribution in [3.05, 3.63) is 56.2 Å². The monoisotopic (exact) mass is 376 g/mol. The zero-order valence-corrected chi connectivity index (χ0v) is 13.4. The van der Waals surface area contributed by atoms with Crippen LogP contribution in [0.15, 0.2) is 39.4 Å². The van der Waals surface area contributed by atoms with Crippen LogP contribution < -0.4 is 0 Å². The molecule has 0 N–H and O–H groups in total. The topological polar surface area (TPSA) is 17.3 Å². The molecule has 4 rings (SSSR count). The highest BCUT2D eigenvalue weighted by atomic mass is 79.9. The molecule has 0 amide bonds. The van der Waals surface area contributed by atoms with Crippen molar-refractivity contribution in [2.45, 2.75) is 13.3 Å². The summed E-state index contributed by atoms with van der Waals surface area (Å²) < 4.78 is 4.43. The number of imidazole rings is 1. The highest BCUT2D eigenvalue weighted by Gasteiger charge is 2.24. The standard InChI is InChI=1S/C15H10Br2N2/c1-8-4-11(17)7-19-13-6-9-5-10(16)2-3-12(9)14(13)18-15(8)19/h2-5,7H,6H2,1H3. The van der Waals surface area contributed by atoms with Crippen molar-refractivity contribution >= 4 is 37.5 Å². The zero-order valence-electron chi connectivity index (χ0n) is 10.2. The summed E-state index contributed by atoms with van der Waals surface area (Å²) >= 11 is 7.10. The second kappa shape index (κ2) is 3.93. The lowest BCUT2D eigenvalue weighted by atomic mass is 10.1. The van der Waals surface area contributed by atoms with E-state index in [1.54, 1.807) is 0 Å². The summed E-state index contributed by atoms with van der Waals surface area (Å²) in [5.74, 6) is 0. The molecule has 1 aromatic carbocycles. The minimum Gasteiger partial charge on any atom is -0.302 e. The highest BCUT2D eigenvalue weighted by Crippen LogP contribution is 2.38. The van der Waals surface area contributed by atoms with Crippen molar-refractivity contribution < 1.29 is 0 Å². The average Bonchev–Trinajstić information content (AvgIpc) is 2.85. The average molecular weight is 378 g/mol. The number of hydrogen-bond acceptors (Lipinski definition) is 1. The first kappa shape index (κ1) is 11.7. The Kier molecular flexibility index (Phi) is 2.42. The van der Waals surface area contributed by atoms with Crippen molar-refractivity contribution in [3.63, 3.8) is 0 Å². The SMILES string of the molecule is Cc1cc(Br)cn2c3c(nc12)-c1ccc(Br)cc1C3. The molecule has 1 aliphatic carbocycles. The molecule has 0 aliphatic heterocycles. The summed E-state index contributed by atoms with van der Waals surface area (Å²) in [6.45, 7) is 2.10. The van der Waals surface area contributed by atoms with E-state index >= 15 is 0 Å². The van der Waals surface area contributed by atoms with Gasteiger partial charge in [-0.1, -0.05) is 22.0 Å². The largest absolute Gasteiger partial charge is 0.302 e. The number of aryl methyl sites for hydroxylation is 1. The summed E-state index contributed by atoms with van der Waals surface area (Å²) in [6, 6.07) is 8.54. The molecule has 0 fully saturated rings. The van der Waals surface area contributed by atoms with E-state index in [-0.39, 0.29) is 0 Å². The van der Waals surface area contributed by atoms with E-state index in [1.807, 2.05) is 0 Å². The third-order valence-electron chi connectivity index (χ3n) is 3.65. The van der Waals surface area contributed by atoms with Gasteiger partial charge in [0.25, 0.3) is 0 Å². The summed E-state index contributed by atoms with van der Waals surface area (Å²) in [5.41, 5.74) is 7.27. The molecule has 2 nitrogen and oxygen atoms in total. The van der Waals surface area contributed by atoms with E-state index in [9.17, 15) is 0 Å². The Hall–Kier alpha value is -1.13. The minimum absolute atomic E-state index is 0.946. The fraction of sp³-hybridized carbons (Fsp3) is 0.133. The Labute approximate surface area is 127 Å². The van der Waals surface area contributed by atoms with Crippen molar-refractivity contribution in [2.24, 2.45) is 0 Å². The molecule has 0 saturated carbocycles. The Morgan fingerprint density at radius 2 is 2.00 bits per heavy atom. The minimum atomic E-state index is 0.946. The van der Waals surface area contributed by atoms with Gasteiger partial charge in [-0.25, -0.2) is 4.98 Å². The number of nitrogens with zero attached hydrogens (tertiary/aromatic N) is 2. The van der Waals surface area contributed by atoms with Gasteiger partial charge >= 0.3 is 0 Å². The number of benzene rings is 1. The van der Waals surface area contributed by atoms with E-state index in [0.29, 0.717) is 0 Å². The maximum absolute atomic E-state index is 4.83. The number of rotatable bonds is 0. The lowest BCUT2D eigenvalue weighted by Crippen LogP contribution is -1.94. The van der Waals surface area contributed by atoms with Crippen LogP contribution in [-0.2, 0) is 6.42 Å². The van der Waals surface area contributed by atoms with Crippen molar-refractivity contribution in [1.82, 2.24) is 9.38 Å². The van der Waals surface area contributed by atoms with Crippen LogP contribution in [0.25, 0.3) is 16.9 Å². The summed E-state index contributed by atoms with van der Waals surface area (Å²) in [7, 11) is 0. The number of halogens is 2. The van der Waals surface area contributed by atoms with Gasteiger partial charge in [-0.05, 0) is 52.2 Å². The molecular weight excluding hydrogens is 368 g/mol. The van der Waals surface area contributed by atoms with Gasteiger partial charge in [0.1, 0.15) is 5.65 Å². The van der Waals surface area contributed by atoms with Crippen molar-refractivity contribution in [3.8, 4) is 11.3 Å². The first-order chi connectivity index (χ1) is 9.13. The van der Waals surface area contributed by atoms with E-state index in [4.69, 9.17) is 4.98 Å². The number of hydrogen-bond donors (Lipinski definition) is 0. The van der Waals surface area contributed by atoms with Gasteiger partial charge in [0, 0.05) is 27.1 Å². The maximum Gasteiger partial charge on any atom is 0.140 e. The molecule has 0 bridgehead atoms.